The van der Waals surface area contributed by atoms with E-state index in [1.807, 2.05) is 6.92 Å². The second-order valence-corrected chi connectivity index (χ2v) is 5.17. The lowest BCUT2D eigenvalue weighted by Gasteiger charge is -2.45. The summed E-state index contributed by atoms with van der Waals surface area (Å²) in [5.74, 6) is 0.490. The van der Waals surface area contributed by atoms with E-state index in [-0.39, 0.29) is 0 Å². The van der Waals surface area contributed by atoms with Gasteiger partial charge in [-0.15, -0.1) is 0 Å². The number of hydrogen-bond acceptors (Lipinski definition) is 3. The minimum absolute atomic E-state index is 0.490. The third-order valence-electron chi connectivity index (χ3n) is 4.14. The van der Waals surface area contributed by atoms with Crippen molar-refractivity contribution in [2.45, 2.75) is 44.8 Å². The molecule has 1 heterocycles. The average Bonchev–Trinajstić information content (AvgIpc) is 2.31. The Morgan fingerprint density at radius 1 is 1.13 bits per heavy atom. The fourth-order valence-electron chi connectivity index (χ4n) is 3.03. The van der Waals surface area contributed by atoms with Gasteiger partial charge in [-0.25, -0.2) is 0 Å². The Bertz CT molecular complexity index is 174. The van der Waals surface area contributed by atoms with E-state index in [2.05, 4.69) is 10.2 Å². The highest BCUT2D eigenvalue weighted by Gasteiger charge is 2.38. The first-order valence-electron chi connectivity index (χ1n) is 6.39. The molecule has 0 bridgehead atoms. The van der Waals surface area contributed by atoms with Gasteiger partial charge >= 0.3 is 0 Å². The number of hydrogen-bond donors (Lipinski definition) is 2. The Morgan fingerprint density at radius 2 is 1.73 bits per heavy atom. The summed E-state index contributed by atoms with van der Waals surface area (Å²) in [6.07, 6.45) is 6.36. The van der Waals surface area contributed by atoms with Crippen LogP contribution in [0.25, 0.3) is 0 Å². The standard InChI is InChI=1S/C12H24N2O/c1-12(15,11-5-3-2-4-6-11)14-9-7-13-8-10-14/h11,13,15H,2-10H2,1H3. The van der Waals surface area contributed by atoms with Crippen LogP contribution in [0.5, 0.6) is 0 Å². The maximum atomic E-state index is 10.7. The average molecular weight is 212 g/mol. The van der Waals surface area contributed by atoms with E-state index in [1.54, 1.807) is 0 Å². The Labute approximate surface area is 92.8 Å². The van der Waals surface area contributed by atoms with Crippen LogP contribution in [0.4, 0.5) is 0 Å². The van der Waals surface area contributed by atoms with Crippen molar-refractivity contribution >= 4 is 0 Å². The highest BCUT2D eigenvalue weighted by Crippen LogP contribution is 2.34. The number of nitrogens with one attached hydrogen (secondary N) is 1. The fraction of sp³-hybridized carbons (Fsp3) is 1.00. The molecule has 1 saturated heterocycles. The zero-order chi connectivity index (χ0) is 10.7. The molecular formula is C12H24N2O. The minimum atomic E-state index is -0.567. The van der Waals surface area contributed by atoms with Crippen molar-refractivity contribution in [3.05, 3.63) is 0 Å². The van der Waals surface area contributed by atoms with Crippen LogP contribution >= 0.6 is 0 Å². The molecule has 0 amide bonds. The molecule has 1 aliphatic carbocycles. The molecule has 1 aliphatic heterocycles. The van der Waals surface area contributed by atoms with Crippen molar-refractivity contribution in [1.29, 1.82) is 0 Å². The maximum absolute atomic E-state index is 10.7. The number of aliphatic hydroxyl groups is 1. The molecule has 2 fully saturated rings. The van der Waals surface area contributed by atoms with Crippen molar-refractivity contribution in [1.82, 2.24) is 10.2 Å². The summed E-state index contributed by atoms with van der Waals surface area (Å²) in [6, 6.07) is 0. The van der Waals surface area contributed by atoms with Crippen LogP contribution in [0.3, 0.4) is 0 Å². The first-order valence-corrected chi connectivity index (χ1v) is 6.39. The molecule has 0 aromatic carbocycles. The summed E-state index contributed by atoms with van der Waals surface area (Å²) < 4.78 is 0. The van der Waals surface area contributed by atoms with Gasteiger partial charge in [0.25, 0.3) is 0 Å². The number of rotatable bonds is 2. The second-order valence-electron chi connectivity index (χ2n) is 5.17. The van der Waals surface area contributed by atoms with Gasteiger partial charge in [0.1, 0.15) is 5.72 Å². The summed E-state index contributed by atoms with van der Waals surface area (Å²) >= 11 is 0. The van der Waals surface area contributed by atoms with Crippen LogP contribution in [-0.4, -0.2) is 41.9 Å². The van der Waals surface area contributed by atoms with Crippen LogP contribution in [0.15, 0.2) is 0 Å². The molecule has 88 valence electrons. The largest absolute Gasteiger partial charge is 0.376 e. The van der Waals surface area contributed by atoms with E-state index < -0.39 is 5.72 Å². The Hall–Kier alpha value is -0.120. The topological polar surface area (TPSA) is 35.5 Å². The second kappa shape index (κ2) is 4.81. The van der Waals surface area contributed by atoms with Crippen molar-refractivity contribution in [2.75, 3.05) is 26.2 Å². The Kier molecular flexibility index (Phi) is 3.65. The summed E-state index contributed by atoms with van der Waals surface area (Å²) in [5, 5.41) is 14.0. The van der Waals surface area contributed by atoms with Crippen molar-refractivity contribution in [3.8, 4) is 0 Å². The lowest BCUT2D eigenvalue weighted by Crippen LogP contribution is -2.58. The SMILES string of the molecule is CC(O)(C1CCCCC1)N1CCNCC1. The molecule has 1 unspecified atom stereocenters. The van der Waals surface area contributed by atoms with E-state index >= 15 is 0 Å². The van der Waals surface area contributed by atoms with Gasteiger partial charge in [0.05, 0.1) is 0 Å². The van der Waals surface area contributed by atoms with Crippen LogP contribution < -0.4 is 5.32 Å². The monoisotopic (exact) mass is 212 g/mol. The summed E-state index contributed by atoms with van der Waals surface area (Å²) in [7, 11) is 0. The van der Waals surface area contributed by atoms with Gasteiger partial charge in [0, 0.05) is 32.1 Å². The molecule has 3 nitrogen and oxygen atoms in total. The van der Waals surface area contributed by atoms with Crippen molar-refractivity contribution < 1.29 is 5.11 Å². The van der Waals surface area contributed by atoms with Gasteiger partial charge in [-0.2, -0.15) is 0 Å². The molecule has 1 atom stereocenters. The predicted octanol–water partition coefficient (Wildman–Crippen LogP) is 1.18. The normalized spacial score (nSPS) is 30.0. The number of piperazine rings is 1. The summed E-state index contributed by atoms with van der Waals surface area (Å²) in [5.41, 5.74) is -0.567. The molecule has 15 heavy (non-hydrogen) atoms. The first kappa shape index (κ1) is 11.4. The van der Waals surface area contributed by atoms with Gasteiger partial charge in [0.2, 0.25) is 0 Å². The van der Waals surface area contributed by atoms with Crippen LogP contribution in [0, 0.1) is 5.92 Å². The van der Waals surface area contributed by atoms with Crippen molar-refractivity contribution in [2.24, 2.45) is 5.92 Å². The van der Waals surface area contributed by atoms with Gasteiger partial charge < -0.3 is 10.4 Å². The third-order valence-corrected chi connectivity index (χ3v) is 4.14. The summed E-state index contributed by atoms with van der Waals surface area (Å²) in [4.78, 5) is 2.26. The van der Waals surface area contributed by atoms with Gasteiger partial charge in [-0.1, -0.05) is 19.3 Å². The van der Waals surface area contributed by atoms with Crippen LogP contribution in [-0.2, 0) is 0 Å². The van der Waals surface area contributed by atoms with E-state index in [0.717, 1.165) is 26.2 Å². The minimum Gasteiger partial charge on any atom is -0.376 e. The Balaban J connectivity index is 1.96. The predicted molar refractivity (Wildman–Crippen MR) is 61.6 cm³/mol. The molecule has 0 aromatic rings. The summed E-state index contributed by atoms with van der Waals surface area (Å²) in [6.45, 7) is 6.03. The highest BCUT2D eigenvalue weighted by atomic mass is 16.3. The zero-order valence-electron chi connectivity index (χ0n) is 9.84. The highest BCUT2D eigenvalue weighted by molar-refractivity contribution is 4.87. The lowest BCUT2D eigenvalue weighted by atomic mass is 9.81. The molecule has 2 N–H and O–H groups in total. The lowest BCUT2D eigenvalue weighted by molar-refractivity contribution is -0.147. The molecule has 3 heteroatoms. The fourth-order valence-corrected chi connectivity index (χ4v) is 3.03. The van der Waals surface area contributed by atoms with Crippen LogP contribution in [0.2, 0.25) is 0 Å². The van der Waals surface area contributed by atoms with E-state index in [1.165, 1.54) is 32.1 Å². The third kappa shape index (κ3) is 2.52. The van der Waals surface area contributed by atoms with Gasteiger partial charge in [-0.3, -0.25) is 4.90 Å². The molecular weight excluding hydrogens is 188 g/mol. The van der Waals surface area contributed by atoms with Gasteiger partial charge in [0.15, 0.2) is 0 Å². The smallest absolute Gasteiger partial charge is 0.118 e. The quantitative estimate of drug-likeness (QED) is 0.721. The molecule has 0 spiro atoms. The van der Waals surface area contributed by atoms with E-state index in [4.69, 9.17) is 0 Å². The van der Waals surface area contributed by atoms with Crippen molar-refractivity contribution in [3.63, 3.8) is 0 Å². The zero-order valence-corrected chi connectivity index (χ0v) is 9.84. The van der Waals surface area contributed by atoms with E-state index in [9.17, 15) is 5.11 Å². The van der Waals surface area contributed by atoms with Gasteiger partial charge in [-0.05, 0) is 19.8 Å². The molecule has 1 saturated carbocycles. The van der Waals surface area contributed by atoms with Crippen LogP contribution in [0.1, 0.15) is 39.0 Å². The number of nitrogens with zero attached hydrogens (tertiary/aromatic N) is 1. The first-order chi connectivity index (χ1) is 7.21. The maximum Gasteiger partial charge on any atom is 0.118 e. The molecule has 0 radical (unpaired) electrons. The molecule has 2 rings (SSSR count). The van der Waals surface area contributed by atoms with E-state index in [0.29, 0.717) is 5.92 Å². The molecule has 2 aliphatic rings. The Morgan fingerprint density at radius 3 is 2.33 bits per heavy atom. The molecule has 0 aromatic heterocycles.